The SMILES string of the molecule is CC(C)CC1(C(Cc2cc(Cl)ccc2F)NN)CCCC1. The molecule has 0 saturated heterocycles. The molecule has 1 aliphatic carbocycles. The third kappa shape index (κ3) is 3.97. The predicted octanol–water partition coefficient (Wildman–Crippen LogP) is 4.46. The van der Waals surface area contributed by atoms with E-state index in [2.05, 4.69) is 19.3 Å². The fourth-order valence-corrected chi connectivity index (χ4v) is 4.15. The van der Waals surface area contributed by atoms with Crippen LogP contribution >= 0.6 is 11.6 Å². The molecule has 1 aromatic carbocycles. The second kappa shape index (κ2) is 7.08. The van der Waals surface area contributed by atoms with E-state index < -0.39 is 0 Å². The van der Waals surface area contributed by atoms with Crippen LogP contribution in [0.15, 0.2) is 18.2 Å². The summed E-state index contributed by atoms with van der Waals surface area (Å²) in [6.07, 6.45) is 6.54. The molecule has 0 spiro atoms. The van der Waals surface area contributed by atoms with Crippen molar-refractivity contribution >= 4 is 11.6 Å². The zero-order valence-electron chi connectivity index (χ0n) is 13.0. The lowest BCUT2D eigenvalue weighted by Gasteiger charge is -2.39. The largest absolute Gasteiger partial charge is 0.271 e. The Hall–Kier alpha value is -0.640. The highest BCUT2D eigenvalue weighted by Gasteiger charge is 2.41. The van der Waals surface area contributed by atoms with Crippen LogP contribution in [0.1, 0.15) is 51.5 Å². The van der Waals surface area contributed by atoms with Crippen LogP contribution in [0.3, 0.4) is 0 Å². The Morgan fingerprint density at radius 1 is 1.33 bits per heavy atom. The number of halogens is 2. The minimum atomic E-state index is -0.197. The number of hydrogen-bond donors (Lipinski definition) is 2. The molecule has 118 valence electrons. The average molecular weight is 313 g/mol. The summed E-state index contributed by atoms with van der Waals surface area (Å²) < 4.78 is 14.0. The Morgan fingerprint density at radius 3 is 2.57 bits per heavy atom. The Morgan fingerprint density at radius 2 is 2.00 bits per heavy atom. The Kier molecular flexibility index (Phi) is 5.64. The van der Waals surface area contributed by atoms with Crippen molar-refractivity contribution in [3.8, 4) is 0 Å². The van der Waals surface area contributed by atoms with E-state index in [4.69, 9.17) is 17.4 Å². The van der Waals surface area contributed by atoms with Crippen LogP contribution in [0.25, 0.3) is 0 Å². The van der Waals surface area contributed by atoms with E-state index in [1.807, 2.05) is 0 Å². The first kappa shape index (κ1) is 16.7. The van der Waals surface area contributed by atoms with E-state index in [1.165, 1.54) is 31.7 Å². The first-order valence-electron chi connectivity index (χ1n) is 7.87. The lowest BCUT2D eigenvalue weighted by atomic mass is 9.71. The highest BCUT2D eigenvalue weighted by molar-refractivity contribution is 6.30. The normalized spacial score (nSPS) is 19.1. The molecule has 1 aromatic rings. The van der Waals surface area contributed by atoms with Crippen molar-refractivity contribution in [1.82, 2.24) is 5.43 Å². The van der Waals surface area contributed by atoms with Gasteiger partial charge in [-0.3, -0.25) is 11.3 Å². The van der Waals surface area contributed by atoms with Crippen LogP contribution in [0.4, 0.5) is 4.39 Å². The molecule has 4 heteroatoms. The van der Waals surface area contributed by atoms with Crippen LogP contribution in [0.5, 0.6) is 0 Å². The molecule has 1 aliphatic rings. The molecule has 0 heterocycles. The quantitative estimate of drug-likeness (QED) is 0.601. The van der Waals surface area contributed by atoms with Crippen molar-refractivity contribution in [2.24, 2.45) is 17.2 Å². The molecule has 1 unspecified atom stereocenters. The molecule has 3 N–H and O–H groups in total. The molecule has 0 aliphatic heterocycles. The highest BCUT2D eigenvalue weighted by Crippen LogP contribution is 2.46. The van der Waals surface area contributed by atoms with Crippen LogP contribution in [-0.2, 0) is 6.42 Å². The fraction of sp³-hybridized carbons (Fsp3) is 0.647. The summed E-state index contributed by atoms with van der Waals surface area (Å²) in [6, 6.07) is 4.84. The van der Waals surface area contributed by atoms with E-state index in [1.54, 1.807) is 12.1 Å². The minimum absolute atomic E-state index is 0.0929. The molecule has 0 radical (unpaired) electrons. The van der Waals surface area contributed by atoms with Gasteiger partial charge in [-0.25, -0.2) is 4.39 Å². The topological polar surface area (TPSA) is 38.0 Å². The molecular weight excluding hydrogens is 287 g/mol. The number of nitrogens with two attached hydrogens (primary N) is 1. The maximum absolute atomic E-state index is 14.0. The molecule has 0 aromatic heterocycles. The predicted molar refractivity (Wildman–Crippen MR) is 86.6 cm³/mol. The molecule has 2 rings (SSSR count). The zero-order chi connectivity index (χ0) is 15.5. The first-order valence-corrected chi connectivity index (χ1v) is 8.25. The standard InChI is InChI=1S/C17H26ClFN2/c1-12(2)11-17(7-3-4-8-17)16(21-20)10-13-9-14(18)5-6-15(13)19/h5-6,9,12,16,21H,3-4,7-8,10-11,20H2,1-2H3. The third-order valence-corrected chi connectivity index (χ3v) is 5.02. The van der Waals surface area contributed by atoms with Gasteiger partial charge in [0.1, 0.15) is 5.82 Å². The number of hydrogen-bond acceptors (Lipinski definition) is 2. The minimum Gasteiger partial charge on any atom is -0.271 e. The number of nitrogens with one attached hydrogen (secondary N) is 1. The molecule has 1 atom stereocenters. The van der Waals surface area contributed by atoms with E-state index in [0.29, 0.717) is 22.9 Å². The van der Waals surface area contributed by atoms with Crippen LogP contribution < -0.4 is 11.3 Å². The second-order valence-corrected chi connectivity index (χ2v) is 7.26. The number of hydrazine groups is 1. The summed E-state index contributed by atoms with van der Waals surface area (Å²) in [6.45, 7) is 4.49. The zero-order valence-corrected chi connectivity index (χ0v) is 13.7. The van der Waals surface area contributed by atoms with Gasteiger partial charge >= 0.3 is 0 Å². The lowest BCUT2D eigenvalue weighted by molar-refractivity contribution is 0.153. The van der Waals surface area contributed by atoms with Gasteiger partial charge in [0.15, 0.2) is 0 Å². The van der Waals surface area contributed by atoms with Crippen LogP contribution in [0, 0.1) is 17.2 Å². The van der Waals surface area contributed by atoms with Crippen LogP contribution in [-0.4, -0.2) is 6.04 Å². The lowest BCUT2D eigenvalue weighted by Crippen LogP contribution is -2.49. The summed E-state index contributed by atoms with van der Waals surface area (Å²) in [7, 11) is 0. The highest BCUT2D eigenvalue weighted by atomic mass is 35.5. The van der Waals surface area contributed by atoms with Gasteiger partial charge < -0.3 is 0 Å². The van der Waals surface area contributed by atoms with E-state index in [-0.39, 0.29) is 17.3 Å². The molecule has 0 bridgehead atoms. The van der Waals surface area contributed by atoms with Crippen molar-refractivity contribution in [3.63, 3.8) is 0 Å². The number of benzene rings is 1. The summed E-state index contributed by atoms with van der Waals surface area (Å²) >= 11 is 6.00. The first-order chi connectivity index (χ1) is 9.97. The van der Waals surface area contributed by atoms with E-state index in [9.17, 15) is 4.39 Å². The van der Waals surface area contributed by atoms with Gasteiger partial charge in [-0.1, -0.05) is 38.3 Å². The Labute approximate surface area is 132 Å². The number of rotatable bonds is 6. The molecule has 21 heavy (non-hydrogen) atoms. The average Bonchev–Trinajstić information content (AvgIpc) is 2.88. The summed E-state index contributed by atoms with van der Waals surface area (Å²) in [5.74, 6) is 6.26. The van der Waals surface area contributed by atoms with Crippen molar-refractivity contribution in [1.29, 1.82) is 0 Å². The second-order valence-electron chi connectivity index (χ2n) is 6.83. The summed E-state index contributed by atoms with van der Waals surface area (Å²) in [5, 5.41) is 0.575. The smallest absolute Gasteiger partial charge is 0.126 e. The molecule has 1 fully saturated rings. The van der Waals surface area contributed by atoms with Gasteiger partial charge in [-0.05, 0) is 60.8 Å². The Balaban J connectivity index is 2.22. The molecule has 1 saturated carbocycles. The van der Waals surface area contributed by atoms with Gasteiger partial charge in [-0.15, -0.1) is 0 Å². The van der Waals surface area contributed by atoms with Crippen molar-refractivity contribution in [2.75, 3.05) is 0 Å². The third-order valence-electron chi connectivity index (χ3n) is 4.79. The summed E-state index contributed by atoms with van der Waals surface area (Å²) in [5.41, 5.74) is 3.81. The van der Waals surface area contributed by atoms with Gasteiger partial charge in [0.25, 0.3) is 0 Å². The van der Waals surface area contributed by atoms with Gasteiger partial charge in [0.05, 0.1) is 0 Å². The summed E-state index contributed by atoms with van der Waals surface area (Å²) in [4.78, 5) is 0. The van der Waals surface area contributed by atoms with Gasteiger partial charge in [0.2, 0.25) is 0 Å². The van der Waals surface area contributed by atoms with Crippen molar-refractivity contribution in [3.05, 3.63) is 34.6 Å². The van der Waals surface area contributed by atoms with Gasteiger partial charge in [0, 0.05) is 11.1 Å². The monoisotopic (exact) mass is 312 g/mol. The Bertz CT molecular complexity index is 470. The van der Waals surface area contributed by atoms with E-state index >= 15 is 0 Å². The maximum atomic E-state index is 14.0. The fourth-order valence-electron chi connectivity index (χ4n) is 3.96. The van der Waals surface area contributed by atoms with Gasteiger partial charge in [-0.2, -0.15) is 0 Å². The van der Waals surface area contributed by atoms with Crippen LogP contribution in [0.2, 0.25) is 5.02 Å². The molecule has 0 amide bonds. The maximum Gasteiger partial charge on any atom is 0.126 e. The van der Waals surface area contributed by atoms with Crippen molar-refractivity contribution in [2.45, 2.75) is 58.4 Å². The van der Waals surface area contributed by atoms with E-state index in [0.717, 1.165) is 6.42 Å². The molecule has 2 nitrogen and oxygen atoms in total. The molecular formula is C17H26ClFN2. The van der Waals surface area contributed by atoms with Crippen molar-refractivity contribution < 1.29 is 4.39 Å².